The van der Waals surface area contributed by atoms with Crippen LogP contribution in [0, 0.1) is 13.8 Å². The number of hydrogen-bond donors (Lipinski definition) is 0. The van der Waals surface area contributed by atoms with Gasteiger partial charge in [0.25, 0.3) is 0 Å². The van der Waals surface area contributed by atoms with Crippen LogP contribution in [0.5, 0.6) is 0 Å². The van der Waals surface area contributed by atoms with Crippen molar-refractivity contribution in [2.24, 2.45) is 7.05 Å². The fourth-order valence-electron chi connectivity index (χ4n) is 3.86. The van der Waals surface area contributed by atoms with Crippen LogP contribution in [0.2, 0.25) is 0 Å². The molecule has 3 heterocycles. The van der Waals surface area contributed by atoms with Gasteiger partial charge < -0.3 is 9.30 Å². The average molecular weight is 368 g/mol. The van der Waals surface area contributed by atoms with Crippen LogP contribution in [0.15, 0.2) is 6.07 Å². The van der Waals surface area contributed by atoms with Crippen LogP contribution in [0.1, 0.15) is 41.0 Å². The first-order valence-corrected chi connectivity index (χ1v) is 10.8. The van der Waals surface area contributed by atoms with Crippen LogP contribution in [-0.4, -0.2) is 67.0 Å². The van der Waals surface area contributed by atoms with Gasteiger partial charge in [0.1, 0.15) is 0 Å². The molecule has 6 nitrogen and oxygen atoms in total. The number of rotatable bonds is 6. The van der Waals surface area contributed by atoms with Crippen molar-refractivity contribution in [3.63, 3.8) is 0 Å². The van der Waals surface area contributed by atoms with Gasteiger partial charge in [-0.1, -0.05) is 0 Å². The van der Waals surface area contributed by atoms with Crippen LogP contribution in [0.4, 0.5) is 0 Å². The predicted molar refractivity (Wildman–Crippen MR) is 96.8 cm³/mol. The van der Waals surface area contributed by atoms with Crippen molar-refractivity contribution < 1.29 is 17.9 Å². The molecule has 2 fully saturated rings. The Kier molecular flexibility index (Phi) is 5.37. The molecule has 0 radical (unpaired) electrons. The van der Waals surface area contributed by atoms with Gasteiger partial charge in [0.15, 0.2) is 15.6 Å². The van der Waals surface area contributed by atoms with Crippen molar-refractivity contribution >= 4 is 15.6 Å². The summed E-state index contributed by atoms with van der Waals surface area (Å²) in [5.41, 5.74) is 2.74. The first-order chi connectivity index (χ1) is 11.8. The molecule has 7 heteroatoms. The summed E-state index contributed by atoms with van der Waals surface area (Å²) < 4.78 is 31.5. The Hall–Kier alpha value is -1.18. The van der Waals surface area contributed by atoms with Gasteiger partial charge in [-0.2, -0.15) is 0 Å². The molecular weight excluding hydrogens is 340 g/mol. The zero-order valence-corrected chi connectivity index (χ0v) is 16.1. The first kappa shape index (κ1) is 18.6. The Morgan fingerprint density at radius 1 is 1.36 bits per heavy atom. The van der Waals surface area contributed by atoms with Crippen molar-refractivity contribution in [2.75, 3.05) is 31.2 Å². The summed E-state index contributed by atoms with van der Waals surface area (Å²) in [6, 6.07) is 1.84. The highest BCUT2D eigenvalue weighted by molar-refractivity contribution is 7.91. The Bertz CT molecular complexity index is 747. The van der Waals surface area contributed by atoms with Crippen LogP contribution >= 0.6 is 0 Å². The first-order valence-electron chi connectivity index (χ1n) is 8.99. The lowest BCUT2D eigenvalue weighted by Crippen LogP contribution is -2.44. The Morgan fingerprint density at radius 3 is 2.64 bits per heavy atom. The molecule has 3 rings (SSSR count). The van der Waals surface area contributed by atoms with Gasteiger partial charge in [-0.3, -0.25) is 9.69 Å². The summed E-state index contributed by atoms with van der Waals surface area (Å²) in [6.07, 6.45) is 2.73. The fourth-order valence-corrected chi connectivity index (χ4v) is 5.62. The van der Waals surface area contributed by atoms with E-state index in [9.17, 15) is 13.2 Å². The maximum Gasteiger partial charge on any atom is 0.178 e. The molecule has 0 saturated carbocycles. The number of carbonyl (C=O) groups excluding carboxylic acids is 1. The van der Waals surface area contributed by atoms with Gasteiger partial charge in [0.2, 0.25) is 0 Å². The number of aryl methyl sites for hydroxylation is 1. The highest BCUT2D eigenvalue weighted by Crippen LogP contribution is 2.22. The Labute approximate surface area is 150 Å². The summed E-state index contributed by atoms with van der Waals surface area (Å²) in [5, 5.41) is 0. The maximum atomic E-state index is 12.9. The van der Waals surface area contributed by atoms with Crippen molar-refractivity contribution in [2.45, 2.75) is 45.3 Å². The molecule has 0 aromatic carbocycles. The second-order valence-corrected chi connectivity index (χ2v) is 9.62. The van der Waals surface area contributed by atoms with E-state index in [0.29, 0.717) is 13.0 Å². The molecule has 0 N–H and O–H groups in total. The minimum Gasteiger partial charge on any atom is -0.377 e. The van der Waals surface area contributed by atoms with E-state index in [2.05, 4.69) is 0 Å². The molecule has 0 spiro atoms. The van der Waals surface area contributed by atoms with Crippen molar-refractivity contribution in [1.82, 2.24) is 9.47 Å². The lowest BCUT2D eigenvalue weighted by Gasteiger charge is -2.29. The molecule has 0 aliphatic carbocycles. The zero-order valence-electron chi connectivity index (χ0n) is 15.3. The summed E-state index contributed by atoms with van der Waals surface area (Å²) in [5.74, 6) is 0.431. The lowest BCUT2D eigenvalue weighted by atomic mass is 10.1. The molecule has 1 aromatic rings. The van der Waals surface area contributed by atoms with Gasteiger partial charge in [0.05, 0.1) is 24.2 Å². The number of aromatic nitrogens is 1. The Morgan fingerprint density at radius 2 is 2.12 bits per heavy atom. The quantitative estimate of drug-likeness (QED) is 0.712. The topological polar surface area (TPSA) is 68.6 Å². The number of ether oxygens (including phenoxy) is 1. The summed E-state index contributed by atoms with van der Waals surface area (Å²) in [7, 11) is -1.03. The maximum absolute atomic E-state index is 12.9. The van der Waals surface area contributed by atoms with Crippen LogP contribution in [-0.2, 0) is 21.6 Å². The van der Waals surface area contributed by atoms with E-state index in [-0.39, 0.29) is 36.0 Å². The van der Waals surface area contributed by atoms with Crippen molar-refractivity contribution in [1.29, 1.82) is 0 Å². The van der Waals surface area contributed by atoms with Gasteiger partial charge in [-0.25, -0.2) is 8.42 Å². The minimum atomic E-state index is -2.98. The number of Topliss-reactive ketones (excluding diaryl/α,β-unsaturated/α-hetero) is 1. The number of ketones is 1. The molecule has 25 heavy (non-hydrogen) atoms. The molecule has 2 atom stereocenters. The van der Waals surface area contributed by atoms with Gasteiger partial charge in [-0.05, 0) is 39.2 Å². The third-order valence-corrected chi connectivity index (χ3v) is 7.36. The minimum absolute atomic E-state index is 0.0588. The standard InChI is InChI=1S/C18H28N2O4S/c1-13-9-17(14(2)19(13)3)18(21)11-20(10-16-5-4-7-24-16)15-6-8-25(22,23)12-15/h9,15-16H,4-8,10-12H2,1-3H3/t15-,16+/m1/s1. The van der Waals surface area contributed by atoms with E-state index >= 15 is 0 Å². The van der Waals surface area contributed by atoms with Gasteiger partial charge >= 0.3 is 0 Å². The molecular formula is C18H28N2O4S. The van der Waals surface area contributed by atoms with E-state index in [4.69, 9.17) is 4.74 Å². The zero-order chi connectivity index (χ0) is 18.2. The number of nitrogens with zero attached hydrogens (tertiary/aromatic N) is 2. The van der Waals surface area contributed by atoms with Crippen LogP contribution < -0.4 is 0 Å². The highest BCUT2D eigenvalue weighted by Gasteiger charge is 2.35. The molecule has 0 unspecified atom stereocenters. The molecule has 2 aliphatic heterocycles. The number of hydrogen-bond acceptors (Lipinski definition) is 5. The molecule has 2 aliphatic rings. The van der Waals surface area contributed by atoms with E-state index in [1.165, 1.54) is 0 Å². The average Bonchev–Trinajstić information content (AvgIpc) is 3.24. The van der Waals surface area contributed by atoms with E-state index < -0.39 is 9.84 Å². The predicted octanol–water partition coefficient (Wildman–Crippen LogP) is 1.49. The Balaban J connectivity index is 1.76. The normalized spacial score (nSPS) is 25.8. The molecule has 1 aromatic heterocycles. The third kappa shape index (κ3) is 4.15. The van der Waals surface area contributed by atoms with E-state index in [0.717, 1.165) is 36.4 Å². The summed E-state index contributed by atoms with van der Waals surface area (Å²) in [6.45, 7) is 5.58. The van der Waals surface area contributed by atoms with Crippen molar-refractivity contribution in [3.8, 4) is 0 Å². The molecule has 2 saturated heterocycles. The summed E-state index contributed by atoms with van der Waals surface area (Å²) >= 11 is 0. The smallest absolute Gasteiger partial charge is 0.178 e. The van der Waals surface area contributed by atoms with Crippen molar-refractivity contribution in [3.05, 3.63) is 23.0 Å². The highest BCUT2D eigenvalue weighted by atomic mass is 32.2. The second-order valence-electron chi connectivity index (χ2n) is 7.39. The van der Waals surface area contributed by atoms with Gasteiger partial charge in [0, 0.05) is 43.2 Å². The molecule has 0 bridgehead atoms. The second kappa shape index (κ2) is 7.21. The third-order valence-electron chi connectivity index (χ3n) is 5.61. The SMILES string of the molecule is Cc1cc(C(=O)CN(C[C@@H]2CCCO2)[C@@H]2CCS(=O)(=O)C2)c(C)n1C. The van der Waals surface area contributed by atoms with Crippen LogP contribution in [0.3, 0.4) is 0 Å². The van der Waals surface area contributed by atoms with E-state index in [1.807, 2.05) is 36.4 Å². The molecule has 140 valence electrons. The monoisotopic (exact) mass is 368 g/mol. The largest absolute Gasteiger partial charge is 0.377 e. The van der Waals surface area contributed by atoms with Gasteiger partial charge in [-0.15, -0.1) is 0 Å². The fraction of sp³-hybridized carbons (Fsp3) is 0.722. The van der Waals surface area contributed by atoms with E-state index in [1.54, 1.807) is 0 Å². The number of carbonyl (C=O) groups is 1. The molecule has 0 amide bonds. The van der Waals surface area contributed by atoms with Crippen LogP contribution in [0.25, 0.3) is 0 Å². The number of sulfone groups is 1. The lowest BCUT2D eigenvalue weighted by molar-refractivity contribution is 0.0566. The summed E-state index contributed by atoms with van der Waals surface area (Å²) in [4.78, 5) is 14.9.